The summed E-state index contributed by atoms with van der Waals surface area (Å²) in [5.74, 6) is 0.284. The van der Waals surface area contributed by atoms with Gasteiger partial charge in [-0.3, -0.25) is 9.59 Å². The fraction of sp³-hybridized carbons (Fsp3) is 0.182. The van der Waals surface area contributed by atoms with Crippen LogP contribution in [0, 0.1) is 5.82 Å². The second kappa shape index (κ2) is 9.32. The normalized spacial score (nSPS) is 15.8. The van der Waals surface area contributed by atoms with Gasteiger partial charge in [0.1, 0.15) is 24.2 Å². The molecule has 0 aliphatic carbocycles. The summed E-state index contributed by atoms with van der Waals surface area (Å²) in [6.07, 6.45) is 0. The molecule has 1 unspecified atom stereocenters. The summed E-state index contributed by atoms with van der Waals surface area (Å²) in [5.41, 5.74) is 0.556. The summed E-state index contributed by atoms with van der Waals surface area (Å²) < 4.78 is 19.6. The van der Waals surface area contributed by atoms with E-state index in [1.54, 1.807) is 47.7 Å². The molecule has 1 aliphatic heterocycles. The molecule has 30 heavy (non-hydrogen) atoms. The number of amides is 2. The Labute approximate surface area is 181 Å². The van der Waals surface area contributed by atoms with Gasteiger partial charge in [0.2, 0.25) is 5.91 Å². The SMILES string of the molecule is O=C(Nc1ccccc1F)C1CSCN1C(=O)c1cccc(OCc2cccs2)c1. The van der Waals surface area contributed by atoms with Gasteiger partial charge >= 0.3 is 0 Å². The lowest BCUT2D eigenvalue weighted by Gasteiger charge is -2.23. The quantitative estimate of drug-likeness (QED) is 0.605. The number of nitrogens with one attached hydrogen (secondary N) is 1. The van der Waals surface area contributed by atoms with Crippen LogP contribution in [-0.4, -0.2) is 34.4 Å². The molecular weight excluding hydrogens is 423 g/mol. The van der Waals surface area contributed by atoms with Crippen molar-refractivity contribution in [1.82, 2.24) is 4.90 Å². The van der Waals surface area contributed by atoms with Gasteiger partial charge in [0, 0.05) is 16.2 Å². The molecule has 0 saturated carbocycles. The molecule has 2 aromatic carbocycles. The number of ether oxygens (including phenoxy) is 1. The van der Waals surface area contributed by atoms with E-state index in [4.69, 9.17) is 4.74 Å². The standard InChI is InChI=1S/C22H19FN2O3S2/c23-18-8-1-2-9-19(18)24-21(26)20-13-29-14-25(20)22(27)15-5-3-6-16(11-15)28-12-17-7-4-10-30-17/h1-11,20H,12-14H2,(H,24,26). The Balaban J connectivity index is 1.44. The average Bonchev–Trinajstić information content (AvgIpc) is 3.46. The van der Waals surface area contributed by atoms with Crippen molar-refractivity contribution in [3.63, 3.8) is 0 Å². The van der Waals surface area contributed by atoms with Gasteiger partial charge in [-0.1, -0.05) is 24.3 Å². The number of anilines is 1. The van der Waals surface area contributed by atoms with Gasteiger partial charge in [-0.2, -0.15) is 0 Å². The van der Waals surface area contributed by atoms with E-state index in [2.05, 4.69) is 5.32 Å². The summed E-state index contributed by atoms with van der Waals surface area (Å²) in [7, 11) is 0. The van der Waals surface area contributed by atoms with E-state index in [1.165, 1.54) is 28.8 Å². The third-order valence-electron chi connectivity index (χ3n) is 4.62. The predicted molar refractivity (Wildman–Crippen MR) is 117 cm³/mol. The second-order valence-corrected chi connectivity index (χ2v) is 8.69. The van der Waals surface area contributed by atoms with E-state index >= 15 is 0 Å². The Morgan fingerprint density at radius 2 is 2.00 bits per heavy atom. The van der Waals surface area contributed by atoms with Crippen molar-refractivity contribution in [2.24, 2.45) is 0 Å². The van der Waals surface area contributed by atoms with Crippen molar-refractivity contribution >= 4 is 40.6 Å². The number of rotatable bonds is 6. The van der Waals surface area contributed by atoms with E-state index < -0.39 is 17.8 Å². The Morgan fingerprint density at radius 1 is 1.13 bits per heavy atom. The molecule has 0 radical (unpaired) electrons. The fourth-order valence-electron chi connectivity index (χ4n) is 3.07. The molecule has 1 atom stereocenters. The zero-order valence-electron chi connectivity index (χ0n) is 15.9. The number of hydrogen-bond donors (Lipinski definition) is 1. The summed E-state index contributed by atoms with van der Waals surface area (Å²) >= 11 is 3.09. The van der Waals surface area contributed by atoms with Crippen molar-refractivity contribution in [3.05, 3.63) is 82.3 Å². The third-order valence-corrected chi connectivity index (χ3v) is 6.48. The van der Waals surface area contributed by atoms with E-state index in [1.807, 2.05) is 17.5 Å². The minimum absolute atomic E-state index is 0.107. The predicted octanol–water partition coefficient (Wildman–Crippen LogP) is 4.62. The number of thiophene rings is 1. The van der Waals surface area contributed by atoms with Crippen LogP contribution in [0.4, 0.5) is 10.1 Å². The van der Waals surface area contributed by atoms with Crippen LogP contribution in [-0.2, 0) is 11.4 Å². The van der Waals surface area contributed by atoms with Crippen LogP contribution in [0.1, 0.15) is 15.2 Å². The maximum atomic E-state index is 13.9. The molecule has 5 nitrogen and oxygen atoms in total. The molecule has 3 aromatic rings. The van der Waals surface area contributed by atoms with Crippen LogP contribution in [0.25, 0.3) is 0 Å². The number of nitrogens with zero attached hydrogens (tertiary/aromatic N) is 1. The van der Waals surface area contributed by atoms with Crippen molar-refractivity contribution in [3.8, 4) is 5.75 Å². The maximum absolute atomic E-state index is 13.9. The molecular formula is C22H19FN2O3S2. The first kappa shape index (κ1) is 20.4. The average molecular weight is 443 g/mol. The van der Waals surface area contributed by atoms with Crippen LogP contribution in [0.5, 0.6) is 5.75 Å². The topological polar surface area (TPSA) is 58.6 Å². The lowest BCUT2D eigenvalue weighted by Crippen LogP contribution is -2.44. The third kappa shape index (κ3) is 4.66. The molecule has 8 heteroatoms. The largest absolute Gasteiger partial charge is 0.488 e. The van der Waals surface area contributed by atoms with E-state index in [0.29, 0.717) is 29.5 Å². The Morgan fingerprint density at radius 3 is 2.80 bits per heavy atom. The van der Waals surface area contributed by atoms with Gasteiger partial charge < -0.3 is 15.0 Å². The molecule has 0 bridgehead atoms. The van der Waals surface area contributed by atoms with Gasteiger partial charge in [0.05, 0.1) is 11.6 Å². The highest BCUT2D eigenvalue weighted by Gasteiger charge is 2.35. The van der Waals surface area contributed by atoms with Crippen LogP contribution < -0.4 is 10.1 Å². The summed E-state index contributed by atoms with van der Waals surface area (Å²) in [6.45, 7) is 0.433. The maximum Gasteiger partial charge on any atom is 0.255 e. The minimum atomic E-state index is -0.669. The van der Waals surface area contributed by atoms with Crippen LogP contribution in [0.2, 0.25) is 0 Å². The Hall–Kier alpha value is -2.84. The number of thioether (sulfide) groups is 1. The number of halogens is 1. The van der Waals surface area contributed by atoms with Crippen LogP contribution >= 0.6 is 23.1 Å². The van der Waals surface area contributed by atoms with Gasteiger partial charge in [0.15, 0.2) is 0 Å². The summed E-state index contributed by atoms with van der Waals surface area (Å²) in [6, 6.07) is 16.2. The Bertz CT molecular complexity index is 1040. The van der Waals surface area contributed by atoms with Crippen molar-refractivity contribution in [2.75, 3.05) is 16.9 Å². The molecule has 154 valence electrons. The summed E-state index contributed by atoms with van der Waals surface area (Å²) in [4.78, 5) is 28.4. The number of benzene rings is 2. The first-order valence-corrected chi connectivity index (χ1v) is 11.3. The Kier molecular flexibility index (Phi) is 6.35. The van der Waals surface area contributed by atoms with Crippen molar-refractivity contribution in [1.29, 1.82) is 0 Å². The number of carbonyl (C=O) groups excluding carboxylic acids is 2. The molecule has 4 rings (SSSR count). The highest BCUT2D eigenvalue weighted by Crippen LogP contribution is 2.26. The van der Waals surface area contributed by atoms with Crippen LogP contribution in [0.15, 0.2) is 66.0 Å². The van der Waals surface area contributed by atoms with Gasteiger partial charge in [-0.05, 0) is 41.8 Å². The number of para-hydroxylation sites is 1. The molecule has 2 heterocycles. The van der Waals surface area contributed by atoms with Crippen molar-refractivity contribution in [2.45, 2.75) is 12.6 Å². The zero-order valence-corrected chi connectivity index (χ0v) is 17.5. The van der Waals surface area contributed by atoms with E-state index in [0.717, 1.165) is 4.88 Å². The van der Waals surface area contributed by atoms with Gasteiger partial charge in [0.25, 0.3) is 5.91 Å². The molecule has 1 saturated heterocycles. The molecule has 1 aliphatic rings. The van der Waals surface area contributed by atoms with E-state index in [-0.39, 0.29) is 11.6 Å². The molecule has 1 N–H and O–H groups in total. The van der Waals surface area contributed by atoms with Gasteiger partial charge in [-0.15, -0.1) is 23.1 Å². The molecule has 2 amide bonds. The smallest absolute Gasteiger partial charge is 0.255 e. The monoisotopic (exact) mass is 442 g/mol. The van der Waals surface area contributed by atoms with Gasteiger partial charge in [-0.25, -0.2) is 4.39 Å². The highest BCUT2D eigenvalue weighted by atomic mass is 32.2. The van der Waals surface area contributed by atoms with Crippen LogP contribution in [0.3, 0.4) is 0 Å². The first-order chi connectivity index (χ1) is 14.6. The van der Waals surface area contributed by atoms with Crippen molar-refractivity contribution < 1.29 is 18.7 Å². The number of carbonyl (C=O) groups is 2. The number of hydrogen-bond acceptors (Lipinski definition) is 5. The molecule has 1 fully saturated rings. The second-order valence-electron chi connectivity index (χ2n) is 6.66. The lowest BCUT2D eigenvalue weighted by molar-refractivity contribution is -0.119. The molecule has 0 spiro atoms. The fourth-order valence-corrected chi connectivity index (χ4v) is 4.84. The lowest BCUT2D eigenvalue weighted by atomic mass is 10.1. The zero-order chi connectivity index (χ0) is 20.9. The highest BCUT2D eigenvalue weighted by molar-refractivity contribution is 7.99. The summed E-state index contributed by atoms with van der Waals surface area (Å²) in [5, 5.41) is 4.57. The first-order valence-electron chi connectivity index (χ1n) is 9.31. The molecule has 1 aromatic heterocycles. The van der Waals surface area contributed by atoms with E-state index in [9.17, 15) is 14.0 Å². The minimum Gasteiger partial charge on any atom is -0.488 e.